The van der Waals surface area contributed by atoms with Gasteiger partial charge in [-0.05, 0) is 43.6 Å². The van der Waals surface area contributed by atoms with Crippen LogP contribution >= 0.6 is 11.6 Å². The molecule has 1 atom stereocenters. The highest BCUT2D eigenvalue weighted by Crippen LogP contribution is 2.29. The van der Waals surface area contributed by atoms with Crippen molar-refractivity contribution in [2.75, 3.05) is 19.6 Å². The van der Waals surface area contributed by atoms with Crippen LogP contribution in [0.3, 0.4) is 0 Å². The summed E-state index contributed by atoms with van der Waals surface area (Å²) < 4.78 is 0. The molecule has 1 aliphatic rings. The summed E-state index contributed by atoms with van der Waals surface area (Å²) in [5, 5.41) is 13.2. The number of benzene rings is 1. The van der Waals surface area contributed by atoms with Crippen molar-refractivity contribution in [3.05, 3.63) is 52.8 Å². The van der Waals surface area contributed by atoms with Gasteiger partial charge in [-0.2, -0.15) is 5.10 Å². The molecule has 0 unspecified atom stereocenters. The molecule has 0 radical (unpaired) electrons. The molecule has 2 aromatic rings. The number of hydrogen-bond donors (Lipinski definition) is 3. The molecule has 1 aromatic heterocycles. The Hall–Kier alpha value is -2.05. The van der Waals surface area contributed by atoms with E-state index in [1.165, 1.54) is 12.8 Å². The number of nitrogens with zero attached hydrogens (tertiary/aromatic N) is 2. The van der Waals surface area contributed by atoms with E-state index < -0.39 is 0 Å². The summed E-state index contributed by atoms with van der Waals surface area (Å²) in [5.41, 5.74) is 1.93. The third kappa shape index (κ3) is 4.27. The van der Waals surface area contributed by atoms with Crippen molar-refractivity contribution in [1.82, 2.24) is 25.7 Å². The number of amides is 2. The molecule has 2 amide bonds. The van der Waals surface area contributed by atoms with Gasteiger partial charge in [-0.3, -0.25) is 10.00 Å². The fourth-order valence-electron chi connectivity index (χ4n) is 3.04. The number of urea groups is 1. The van der Waals surface area contributed by atoms with Crippen molar-refractivity contribution in [1.29, 1.82) is 0 Å². The van der Waals surface area contributed by atoms with Crippen LogP contribution in [0.2, 0.25) is 5.02 Å². The van der Waals surface area contributed by atoms with Gasteiger partial charge in [0, 0.05) is 17.8 Å². The van der Waals surface area contributed by atoms with Gasteiger partial charge in [0.25, 0.3) is 0 Å². The molecule has 0 saturated carbocycles. The molecule has 1 fully saturated rings. The van der Waals surface area contributed by atoms with Gasteiger partial charge in [0.05, 0.1) is 18.3 Å². The highest BCUT2D eigenvalue weighted by atomic mass is 35.5. The van der Waals surface area contributed by atoms with E-state index in [0.717, 1.165) is 29.4 Å². The Balaban J connectivity index is 1.59. The molecule has 0 bridgehead atoms. The summed E-state index contributed by atoms with van der Waals surface area (Å²) in [7, 11) is 0. The Labute approximate surface area is 146 Å². The molecule has 3 N–H and O–H groups in total. The second-order valence-electron chi connectivity index (χ2n) is 5.93. The Kier molecular flexibility index (Phi) is 5.72. The van der Waals surface area contributed by atoms with Crippen LogP contribution < -0.4 is 10.6 Å². The molecule has 6 nitrogen and oxygen atoms in total. The Morgan fingerprint density at radius 2 is 2.04 bits per heavy atom. The molecular weight excluding hydrogens is 326 g/mol. The number of H-pyrrole nitrogens is 1. The average Bonchev–Trinajstić information content (AvgIpc) is 3.28. The number of hydrogen-bond acceptors (Lipinski definition) is 3. The largest absolute Gasteiger partial charge is 0.336 e. The summed E-state index contributed by atoms with van der Waals surface area (Å²) in [6, 6.07) is 9.59. The van der Waals surface area contributed by atoms with Crippen LogP contribution in [0.4, 0.5) is 4.79 Å². The van der Waals surface area contributed by atoms with Gasteiger partial charge < -0.3 is 10.6 Å². The zero-order valence-electron chi connectivity index (χ0n) is 13.5. The van der Waals surface area contributed by atoms with E-state index >= 15 is 0 Å². The zero-order valence-corrected chi connectivity index (χ0v) is 14.2. The lowest BCUT2D eigenvalue weighted by Crippen LogP contribution is -2.41. The van der Waals surface area contributed by atoms with E-state index in [2.05, 4.69) is 25.7 Å². The zero-order chi connectivity index (χ0) is 16.8. The molecule has 3 rings (SSSR count). The first kappa shape index (κ1) is 16.8. The smallest absolute Gasteiger partial charge is 0.315 e. The van der Waals surface area contributed by atoms with Crippen LogP contribution in [-0.4, -0.2) is 40.8 Å². The van der Waals surface area contributed by atoms with Gasteiger partial charge in [0.2, 0.25) is 0 Å². The Morgan fingerprint density at radius 1 is 1.25 bits per heavy atom. The third-order valence-electron chi connectivity index (χ3n) is 4.30. The summed E-state index contributed by atoms with van der Waals surface area (Å²) in [5.74, 6) is 0. The molecule has 2 heterocycles. The molecule has 0 aliphatic carbocycles. The number of halogens is 1. The van der Waals surface area contributed by atoms with Gasteiger partial charge in [-0.25, -0.2) is 4.79 Å². The number of aromatic amines is 1. The van der Waals surface area contributed by atoms with Crippen LogP contribution in [0.5, 0.6) is 0 Å². The number of likely N-dealkylation sites (tertiary alicyclic amines) is 1. The van der Waals surface area contributed by atoms with Crippen LogP contribution in [-0.2, 0) is 6.54 Å². The van der Waals surface area contributed by atoms with Crippen molar-refractivity contribution in [2.24, 2.45) is 0 Å². The maximum absolute atomic E-state index is 12.1. The highest BCUT2D eigenvalue weighted by molar-refractivity contribution is 6.31. The average molecular weight is 348 g/mol. The van der Waals surface area contributed by atoms with Crippen molar-refractivity contribution < 1.29 is 4.79 Å². The summed E-state index contributed by atoms with van der Waals surface area (Å²) in [6.07, 6.45) is 4.04. The molecule has 1 aliphatic heterocycles. The Morgan fingerprint density at radius 3 is 2.75 bits per heavy atom. The van der Waals surface area contributed by atoms with Crippen LogP contribution in [0.25, 0.3) is 0 Å². The van der Waals surface area contributed by atoms with Gasteiger partial charge in [-0.15, -0.1) is 0 Å². The van der Waals surface area contributed by atoms with Gasteiger partial charge >= 0.3 is 6.03 Å². The summed E-state index contributed by atoms with van der Waals surface area (Å²) in [6.45, 7) is 3.02. The quantitative estimate of drug-likeness (QED) is 0.752. The van der Waals surface area contributed by atoms with Crippen molar-refractivity contribution in [2.45, 2.75) is 25.4 Å². The molecule has 1 saturated heterocycles. The number of carbonyl (C=O) groups is 1. The van der Waals surface area contributed by atoms with Crippen molar-refractivity contribution >= 4 is 17.6 Å². The molecule has 1 aromatic carbocycles. The number of nitrogens with one attached hydrogen (secondary N) is 3. The minimum absolute atomic E-state index is 0.0964. The van der Waals surface area contributed by atoms with Gasteiger partial charge in [0.15, 0.2) is 0 Å². The summed E-state index contributed by atoms with van der Waals surface area (Å²) in [4.78, 5) is 14.5. The third-order valence-corrected chi connectivity index (χ3v) is 4.64. The molecule has 128 valence electrons. The first-order valence-corrected chi connectivity index (χ1v) is 8.60. The molecule has 24 heavy (non-hydrogen) atoms. The Bertz CT molecular complexity index is 655. The minimum Gasteiger partial charge on any atom is -0.336 e. The maximum Gasteiger partial charge on any atom is 0.315 e. The normalized spacial score (nSPS) is 16.0. The number of aromatic nitrogens is 2. The van der Waals surface area contributed by atoms with Gasteiger partial charge in [0.1, 0.15) is 0 Å². The maximum atomic E-state index is 12.1. The lowest BCUT2D eigenvalue weighted by atomic mass is 10.1. The van der Waals surface area contributed by atoms with Crippen LogP contribution in [0.15, 0.2) is 36.5 Å². The van der Waals surface area contributed by atoms with E-state index in [4.69, 9.17) is 11.6 Å². The standard InChI is InChI=1S/C17H22ClN5O/c18-15-6-2-1-5-14(15)16(23-9-3-4-10-23)12-20-17(24)19-11-13-7-8-21-22-13/h1-2,5-8,16H,3-4,9-12H2,(H,21,22)(H2,19,20,24)/t16-/m0/s1. The fourth-order valence-corrected chi connectivity index (χ4v) is 3.31. The predicted molar refractivity (Wildman–Crippen MR) is 93.8 cm³/mol. The first-order valence-electron chi connectivity index (χ1n) is 8.22. The molecule has 0 spiro atoms. The second-order valence-corrected chi connectivity index (χ2v) is 6.33. The lowest BCUT2D eigenvalue weighted by Gasteiger charge is -2.29. The van der Waals surface area contributed by atoms with Crippen LogP contribution in [0, 0.1) is 0 Å². The van der Waals surface area contributed by atoms with Gasteiger partial charge in [-0.1, -0.05) is 29.8 Å². The fraction of sp³-hybridized carbons (Fsp3) is 0.412. The van der Waals surface area contributed by atoms with E-state index in [-0.39, 0.29) is 12.1 Å². The summed E-state index contributed by atoms with van der Waals surface area (Å²) >= 11 is 6.38. The van der Waals surface area contributed by atoms with Crippen molar-refractivity contribution in [3.63, 3.8) is 0 Å². The van der Waals surface area contributed by atoms with Crippen molar-refractivity contribution in [3.8, 4) is 0 Å². The minimum atomic E-state index is -0.194. The second kappa shape index (κ2) is 8.17. The molecular formula is C17H22ClN5O. The van der Waals surface area contributed by atoms with E-state index in [1.807, 2.05) is 30.3 Å². The lowest BCUT2D eigenvalue weighted by molar-refractivity contribution is 0.220. The van der Waals surface area contributed by atoms with Crippen LogP contribution in [0.1, 0.15) is 30.1 Å². The van der Waals surface area contributed by atoms with E-state index in [0.29, 0.717) is 13.1 Å². The monoisotopic (exact) mass is 347 g/mol. The number of rotatable bonds is 6. The highest BCUT2D eigenvalue weighted by Gasteiger charge is 2.25. The first-order chi connectivity index (χ1) is 11.7. The topological polar surface area (TPSA) is 73.0 Å². The number of carbonyl (C=O) groups excluding carboxylic acids is 1. The van der Waals surface area contributed by atoms with E-state index in [9.17, 15) is 4.79 Å². The SMILES string of the molecule is O=C(NCc1ccn[nH]1)NC[C@@H](c1ccccc1Cl)N1CCCC1. The van der Waals surface area contributed by atoms with E-state index in [1.54, 1.807) is 6.20 Å². The molecule has 7 heteroatoms. The predicted octanol–water partition coefficient (Wildman–Crippen LogP) is 2.70.